The second kappa shape index (κ2) is 8.12. The van der Waals surface area contributed by atoms with E-state index in [1.54, 1.807) is 6.07 Å². The number of methoxy groups -OCH3 is 1. The predicted molar refractivity (Wildman–Crippen MR) is 101 cm³/mol. The fraction of sp³-hybridized carbons (Fsp3) is 0.105. The summed E-state index contributed by atoms with van der Waals surface area (Å²) in [7, 11) is 1.28. The van der Waals surface area contributed by atoms with Crippen LogP contribution in [0, 0.1) is 17.0 Å². The molecule has 3 rings (SSSR count). The van der Waals surface area contributed by atoms with E-state index in [0.29, 0.717) is 11.3 Å². The molecule has 0 amide bonds. The number of nitro groups is 1. The molecule has 0 saturated carbocycles. The Kier molecular flexibility index (Phi) is 5.45. The van der Waals surface area contributed by atoms with Gasteiger partial charge in [-0.1, -0.05) is 18.2 Å². The standard InChI is InChI=1S/C19H16N4O5/c1-12-5-3-4-6-15(12)22-17-16(23(25)26)18(21-11-20-17)28-14-9-7-13(8-10-14)19(24)27-2/h3-11H,1-2H3,(H,20,21,22). The fourth-order valence-electron chi connectivity index (χ4n) is 2.42. The number of carbonyl (C=O) groups is 1. The lowest BCUT2D eigenvalue weighted by Crippen LogP contribution is -2.04. The monoisotopic (exact) mass is 380 g/mol. The van der Waals surface area contributed by atoms with Crippen molar-refractivity contribution in [3.8, 4) is 11.6 Å². The first-order valence-electron chi connectivity index (χ1n) is 8.18. The van der Waals surface area contributed by atoms with Gasteiger partial charge in [0.25, 0.3) is 0 Å². The molecule has 142 valence electrons. The summed E-state index contributed by atoms with van der Waals surface area (Å²) in [6, 6.07) is 13.3. The van der Waals surface area contributed by atoms with Crippen molar-refractivity contribution in [1.29, 1.82) is 0 Å². The number of carbonyl (C=O) groups excluding carboxylic acids is 1. The van der Waals surface area contributed by atoms with Crippen molar-refractivity contribution < 1.29 is 19.2 Å². The molecule has 0 aliphatic rings. The summed E-state index contributed by atoms with van der Waals surface area (Å²) in [5.74, 6) is -0.432. The molecule has 0 saturated heterocycles. The van der Waals surface area contributed by atoms with Gasteiger partial charge in [0.05, 0.1) is 17.6 Å². The van der Waals surface area contributed by atoms with Crippen LogP contribution >= 0.6 is 0 Å². The number of para-hydroxylation sites is 1. The molecule has 0 atom stereocenters. The van der Waals surface area contributed by atoms with Crippen LogP contribution in [0.3, 0.4) is 0 Å². The van der Waals surface area contributed by atoms with E-state index in [0.717, 1.165) is 5.56 Å². The van der Waals surface area contributed by atoms with Crippen LogP contribution in [0.1, 0.15) is 15.9 Å². The number of anilines is 2. The summed E-state index contributed by atoms with van der Waals surface area (Å²) >= 11 is 0. The quantitative estimate of drug-likeness (QED) is 0.387. The number of benzene rings is 2. The Balaban J connectivity index is 1.92. The molecule has 0 spiro atoms. The number of rotatable bonds is 6. The molecule has 0 fully saturated rings. The van der Waals surface area contributed by atoms with Gasteiger partial charge in [-0.15, -0.1) is 0 Å². The Morgan fingerprint density at radius 1 is 1.11 bits per heavy atom. The summed E-state index contributed by atoms with van der Waals surface area (Å²) in [5.41, 5.74) is 1.51. The third-order valence-electron chi connectivity index (χ3n) is 3.86. The smallest absolute Gasteiger partial charge is 0.373 e. The van der Waals surface area contributed by atoms with E-state index in [4.69, 9.17) is 4.74 Å². The van der Waals surface area contributed by atoms with Gasteiger partial charge in [0.15, 0.2) is 0 Å². The van der Waals surface area contributed by atoms with Gasteiger partial charge >= 0.3 is 17.5 Å². The number of esters is 1. The van der Waals surface area contributed by atoms with Crippen molar-refractivity contribution in [3.05, 3.63) is 76.1 Å². The third kappa shape index (κ3) is 4.04. The van der Waals surface area contributed by atoms with Crippen molar-refractivity contribution in [3.63, 3.8) is 0 Å². The van der Waals surface area contributed by atoms with Gasteiger partial charge in [0.1, 0.15) is 12.1 Å². The van der Waals surface area contributed by atoms with Crippen LogP contribution in [0.25, 0.3) is 0 Å². The van der Waals surface area contributed by atoms with Gasteiger partial charge in [-0.2, -0.15) is 4.98 Å². The highest BCUT2D eigenvalue weighted by Crippen LogP contribution is 2.35. The predicted octanol–water partition coefficient (Wildman–Crippen LogP) is 4.02. The van der Waals surface area contributed by atoms with Gasteiger partial charge in [-0.05, 0) is 42.8 Å². The topological polar surface area (TPSA) is 116 Å². The molecule has 0 aliphatic carbocycles. The molecule has 0 unspecified atom stereocenters. The Labute approximate surface area is 160 Å². The highest BCUT2D eigenvalue weighted by molar-refractivity contribution is 5.89. The van der Waals surface area contributed by atoms with Crippen LogP contribution in [0.2, 0.25) is 0 Å². The number of nitrogens with zero attached hydrogens (tertiary/aromatic N) is 3. The minimum Gasteiger partial charge on any atom is -0.465 e. The molecule has 0 aliphatic heterocycles. The largest absolute Gasteiger partial charge is 0.465 e. The van der Waals surface area contributed by atoms with Gasteiger partial charge in [0.2, 0.25) is 5.82 Å². The van der Waals surface area contributed by atoms with Crippen LogP contribution in [-0.4, -0.2) is 28.0 Å². The maximum atomic E-state index is 11.6. The Morgan fingerprint density at radius 2 is 1.82 bits per heavy atom. The first kappa shape index (κ1) is 18.8. The van der Waals surface area contributed by atoms with Crippen molar-refractivity contribution >= 4 is 23.2 Å². The maximum Gasteiger partial charge on any atom is 0.373 e. The highest BCUT2D eigenvalue weighted by atomic mass is 16.6. The van der Waals surface area contributed by atoms with Gasteiger partial charge < -0.3 is 14.8 Å². The van der Waals surface area contributed by atoms with E-state index < -0.39 is 16.6 Å². The first-order chi connectivity index (χ1) is 13.5. The zero-order valence-corrected chi connectivity index (χ0v) is 15.1. The van der Waals surface area contributed by atoms with Crippen molar-refractivity contribution in [2.75, 3.05) is 12.4 Å². The first-order valence-corrected chi connectivity index (χ1v) is 8.18. The molecular weight excluding hydrogens is 364 g/mol. The van der Waals surface area contributed by atoms with Gasteiger partial charge in [-0.3, -0.25) is 10.1 Å². The molecule has 0 radical (unpaired) electrons. The molecule has 9 nitrogen and oxygen atoms in total. The van der Waals surface area contributed by atoms with E-state index in [2.05, 4.69) is 20.0 Å². The number of hydrogen-bond donors (Lipinski definition) is 1. The second-order valence-corrected chi connectivity index (χ2v) is 5.69. The van der Waals surface area contributed by atoms with Crippen LogP contribution in [0.5, 0.6) is 11.6 Å². The summed E-state index contributed by atoms with van der Waals surface area (Å²) in [4.78, 5) is 30.4. The summed E-state index contributed by atoms with van der Waals surface area (Å²) in [5, 5.41) is 14.6. The van der Waals surface area contributed by atoms with Crippen molar-refractivity contribution in [1.82, 2.24) is 9.97 Å². The van der Waals surface area contributed by atoms with E-state index >= 15 is 0 Å². The lowest BCUT2D eigenvalue weighted by molar-refractivity contribution is -0.385. The van der Waals surface area contributed by atoms with Crippen LogP contribution in [0.15, 0.2) is 54.9 Å². The molecule has 1 heterocycles. The molecule has 9 heteroatoms. The molecule has 1 aromatic heterocycles. The molecule has 2 aromatic carbocycles. The van der Waals surface area contributed by atoms with Crippen LogP contribution in [0.4, 0.5) is 17.2 Å². The Morgan fingerprint density at radius 3 is 2.46 bits per heavy atom. The Bertz CT molecular complexity index is 1020. The molecule has 0 bridgehead atoms. The average Bonchev–Trinajstić information content (AvgIpc) is 2.69. The van der Waals surface area contributed by atoms with E-state index in [9.17, 15) is 14.9 Å². The van der Waals surface area contributed by atoms with E-state index in [1.807, 2.05) is 25.1 Å². The highest BCUT2D eigenvalue weighted by Gasteiger charge is 2.25. The molecule has 3 aromatic rings. The third-order valence-corrected chi connectivity index (χ3v) is 3.86. The Hall–Kier alpha value is -4.01. The molecular formula is C19H16N4O5. The number of nitrogens with one attached hydrogen (secondary N) is 1. The minimum atomic E-state index is -0.612. The van der Waals surface area contributed by atoms with Gasteiger partial charge in [0, 0.05) is 5.69 Å². The van der Waals surface area contributed by atoms with Crippen LogP contribution in [-0.2, 0) is 4.74 Å². The van der Waals surface area contributed by atoms with Crippen molar-refractivity contribution in [2.24, 2.45) is 0 Å². The number of ether oxygens (including phenoxy) is 2. The lowest BCUT2D eigenvalue weighted by atomic mass is 10.2. The molecule has 1 N–H and O–H groups in total. The average molecular weight is 380 g/mol. The maximum absolute atomic E-state index is 11.6. The minimum absolute atomic E-state index is 0.00970. The van der Waals surface area contributed by atoms with E-state index in [1.165, 1.54) is 37.7 Å². The normalized spacial score (nSPS) is 10.2. The number of aromatic nitrogens is 2. The lowest BCUT2D eigenvalue weighted by Gasteiger charge is -2.11. The second-order valence-electron chi connectivity index (χ2n) is 5.69. The number of hydrogen-bond acceptors (Lipinski definition) is 8. The zero-order valence-electron chi connectivity index (χ0n) is 15.1. The summed E-state index contributed by atoms with van der Waals surface area (Å²) in [6.45, 7) is 1.87. The van der Waals surface area contributed by atoms with Crippen molar-refractivity contribution in [2.45, 2.75) is 6.92 Å². The fourth-order valence-corrected chi connectivity index (χ4v) is 2.42. The summed E-state index contributed by atoms with van der Waals surface area (Å²) < 4.78 is 10.2. The summed E-state index contributed by atoms with van der Waals surface area (Å²) in [6.07, 6.45) is 1.17. The van der Waals surface area contributed by atoms with E-state index in [-0.39, 0.29) is 17.4 Å². The zero-order chi connectivity index (χ0) is 20.1. The van der Waals surface area contributed by atoms with Gasteiger partial charge in [-0.25, -0.2) is 9.78 Å². The molecule has 28 heavy (non-hydrogen) atoms. The van der Waals surface area contributed by atoms with Crippen LogP contribution < -0.4 is 10.1 Å². The SMILES string of the molecule is COC(=O)c1ccc(Oc2ncnc(Nc3ccccc3C)c2[N+](=O)[O-])cc1. The number of aryl methyl sites for hydroxylation is 1.